The maximum atomic E-state index is 12.2. The highest BCUT2D eigenvalue weighted by Crippen LogP contribution is 2.40. The summed E-state index contributed by atoms with van der Waals surface area (Å²) in [4.78, 5) is 37.7. The Hall–Kier alpha value is -4.60. The van der Waals surface area contributed by atoms with Crippen LogP contribution in [0.15, 0.2) is 60.9 Å². The molecule has 2 aromatic carbocycles. The predicted octanol–water partition coefficient (Wildman–Crippen LogP) is 4.59. The van der Waals surface area contributed by atoms with Crippen molar-refractivity contribution in [2.24, 2.45) is 0 Å². The molecule has 33 heavy (non-hydrogen) atoms. The number of hydrogen-bond acceptors (Lipinski definition) is 9. The molecule has 0 saturated carbocycles. The Labute approximate surface area is 188 Å². The quantitative estimate of drug-likeness (QED) is 0.238. The lowest BCUT2D eigenvalue weighted by Crippen LogP contribution is -2.18. The number of para-hydroxylation sites is 2. The fraction of sp³-hybridized carbons (Fsp3) is 0.130. The highest BCUT2D eigenvalue weighted by atomic mass is 16.6. The van der Waals surface area contributed by atoms with Crippen LogP contribution in [0.4, 0.5) is 17.2 Å². The number of methoxy groups -OCH3 is 1. The van der Waals surface area contributed by atoms with Crippen LogP contribution in [0.25, 0.3) is 10.9 Å². The molecule has 0 unspecified atom stereocenters. The zero-order valence-electron chi connectivity index (χ0n) is 18.1. The lowest BCUT2D eigenvalue weighted by atomic mass is 10.1. The van der Waals surface area contributed by atoms with Crippen molar-refractivity contribution in [3.63, 3.8) is 0 Å². The van der Waals surface area contributed by atoms with Gasteiger partial charge in [-0.15, -0.1) is 0 Å². The average Bonchev–Trinajstić information content (AvgIpc) is 2.83. The van der Waals surface area contributed by atoms with Gasteiger partial charge in [-0.1, -0.05) is 30.3 Å². The van der Waals surface area contributed by atoms with E-state index in [1.165, 1.54) is 18.3 Å². The normalized spacial score (nSPS) is 10.6. The molecule has 4 rings (SSSR count). The van der Waals surface area contributed by atoms with Crippen molar-refractivity contribution in [2.75, 3.05) is 19.1 Å². The van der Waals surface area contributed by atoms with Crippen LogP contribution in [0.1, 0.15) is 16.1 Å². The zero-order chi connectivity index (χ0) is 23.5. The summed E-state index contributed by atoms with van der Waals surface area (Å²) in [5.74, 6) is -0.557. The molecule has 0 spiro atoms. The number of anilines is 2. The van der Waals surface area contributed by atoms with Gasteiger partial charge in [0, 0.05) is 18.1 Å². The molecular formula is C23H19N5O5. The summed E-state index contributed by atoms with van der Waals surface area (Å²) in [6, 6.07) is 15.6. The van der Waals surface area contributed by atoms with Crippen molar-refractivity contribution < 1.29 is 19.2 Å². The Balaban J connectivity index is 1.83. The first-order chi connectivity index (χ1) is 15.9. The Bertz CT molecular complexity index is 1370. The topological polar surface area (TPSA) is 121 Å². The predicted molar refractivity (Wildman–Crippen MR) is 121 cm³/mol. The van der Waals surface area contributed by atoms with Crippen molar-refractivity contribution >= 4 is 34.1 Å². The van der Waals surface area contributed by atoms with E-state index in [-0.39, 0.29) is 17.3 Å². The van der Waals surface area contributed by atoms with Crippen LogP contribution in [-0.4, -0.2) is 40.0 Å². The van der Waals surface area contributed by atoms with Crippen LogP contribution >= 0.6 is 0 Å². The minimum absolute atomic E-state index is 0.0503. The molecule has 0 atom stereocenters. The van der Waals surface area contributed by atoms with Gasteiger partial charge in [0.15, 0.2) is 5.75 Å². The number of fused-ring (bicyclic) bond motifs is 1. The van der Waals surface area contributed by atoms with Gasteiger partial charge < -0.3 is 14.4 Å². The Morgan fingerprint density at radius 1 is 1.06 bits per heavy atom. The van der Waals surface area contributed by atoms with Gasteiger partial charge in [0.2, 0.25) is 5.82 Å². The van der Waals surface area contributed by atoms with Gasteiger partial charge in [-0.3, -0.25) is 10.1 Å². The van der Waals surface area contributed by atoms with E-state index >= 15 is 0 Å². The van der Waals surface area contributed by atoms with E-state index < -0.39 is 16.6 Å². The molecule has 166 valence electrons. The fourth-order valence-electron chi connectivity index (χ4n) is 3.40. The van der Waals surface area contributed by atoms with Gasteiger partial charge in [0.1, 0.15) is 11.8 Å². The lowest BCUT2D eigenvalue weighted by Gasteiger charge is -2.20. The van der Waals surface area contributed by atoms with E-state index in [1.54, 1.807) is 43.4 Å². The average molecular weight is 445 g/mol. The largest absolute Gasteiger partial charge is 0.465 e. The third kappa shape index (κ3) is 4.13. The van der Waals surface area contributed by atoms with Crippen molar-refractivity contribution in [1.29, 1.82) is 0 Å². The minimum atomic E-state index is -0.619. The van der Waals surface area contributed by atoms with Crippen LogP contribution < -0.4 is 9.64 Å². The molecule has 10 heteroatoms. The molecule has 0 aliphatic rings. The smallest absolute Gasteiger partial charge is 0.373 e. The second-order valence-electron chi connectivity index (χ2n) is 7.06. The first-order valence-corrected chi connectivity index (χ1v) is 9.85. The maximum Gasteiger partial charge on any atom is 0.373 e. The zero-order valence-corrected chi connectivity index (χ0v) is 18.1. The summed E-state index contributed by atoms with van der Waals surface area (Å²) < 4.78 is 10.7. The Morgan fingerprint density at radius 2 is 1.85 bits per heavy atom. The number of aromatic nitrogens is 3. The molecular weight excluding hydrogens is 426 g/mol. The summed E-state index contributed by atoms with van der Waals surface area (Å²) in [6.07, 6.45) is 1.17. The highest BCUT2D eigenvalue weighted by Gasteiger charge is 2.30. The van der Waals surface area contributed by atoms with Gasteiger partial charge in [-0.05, 0) is 31.2 Å². The summed E-state index contributed by atoms with van der Waals surface area (Å²) in [5.41, 5.74) is 1.47. The number of benzene rings is 2. The van der Waals surface area contributed by atoms with Crippen molar-refractivity contribution in [1.82, 2.24) is 15.0 Å². The van der Waals surface area contributed by atoms with Gasteiger partial charge in [0.25, 0.3) is 0 Å². The Kier molecular flexibility index (Phi) is 5.81. The van der Waals surface area contributed by atoms with Crippen LogP contribution in [-0.2, 0) is 4.74 Å². The fourth-order valence-corrected chi connectivity index (χ4v) is 3.40. The van der Waals surface area contributed by atoms with Crippen molar-refractivity contribution in [2.45, 2.75) is 6.92 Å². The summed E-state index contributed by atoms with van der Waals surface area (Å²) in [6.45, 7) is 1.84. The second kappa shape index (κ2) is 8.87. The van der Waals surface area contributed by atoms with E-state index in [4.69, 9.17) is 9.47 Å². The molecule has 10 nitrogen and oxygen atoms in total. The number of carbonyl (C=O) groups excluding carboxylic acids is 1. The molecule has 0 amide bonds. The monoisotopic (exact) mass is 445 g/mol. The van der Waals surface area contributed by atoms with Crippen LogP contribution in [0, 0.1) is 17.0 Å². The Morgan fingerprint density at radius 3 is 2.61 bits per heavy atom. The lowest BCUT2D eigenvalue weighted by molar-refractivity contribution is -0.385. The van der Waals surface area contributed by atoms with Gasteiger partial charge in [-0.2, -0.15) is 4.98 Å². The molecule has 0 aliphatic carbocycles. The van der Waals surface area contributed by atoms with Crippen molar-refractivity contribution in [3.8, 4) is 11.6 Å². The molecule has 0 aliphatic heterocycles. The number of esters is 1. The van der Waals surface area contributed by atoms with E-state index in [0.29, 0.717) is 17.0 Å². The van der Waals surface area contributed by atoms with Gasteiger partial charge in [-0.25, -0.2) is 14.8 Å². The molecule has 0 N–H and O–H groups in total. The first-order valence-electron chi connectivity index (χ1n) is 9.85. The van der Waals surface area contributed by atoms with Crippen molar-refractivity contribution in [3.05, 3.63) is 82.3 Å². The second-order valence-corrected chi connectivity index (χ2v) is 7.06. The standard InChI is InChI=1S/C23H19N5O5/c1-14-11-12-15-7-6-10-18(19(15)26-14)33-22-20(28(30)31)21(24-13-25-22)27(2)17-9-5-4-8-16(17)23(29)32-3/h4-13H,1-3H3. The summed E-state index contributed by atoms with van der Waals surface area (Å²) in [5, 5.41) is 12.9. The van der Waals surface area contributed by atoms with E-state index in [1.807, 2.05) is 25.1 Å². The first kappa shape index (κ1) is 21.6. The minimum Gasteiger partial charge on any atom is -0.465 e. The maximum absolute atomic E-state index is 12.2. The molecule has 2 heterocycles. The SMILES string of the molecule is COC(=O)c1ccccc1N(C)c1ncnc(Oc2cccc3ccc(C)nc23)c1[N+](=O)[O-]. The molecule has 0 saturated heterocycles. The molecule has 2 aromatic heterocycles. The van der Waals surface area contributed by atoms with Crippen LogP contribution in [0.5, 0.6) is 11.6 Å². The number of nitro groups is 1. The van der Waals surface area contributed by atoms with E-state index in [0.717, 1.165) is 11.1 Å². The number of rotatable bonds is 6. The summed E-state index contributed by atoms with van der Waals surface area (Å²) in [7, 11) is 2.82. The molecule has 0 radical (unpaired) electrons. The number of carbonyl (C=O) groups is 1. The van der Waals surface area contributed by atoms with E-state index in [9.17, 15) is 14.9 Å². The van der Waals surface area contributed by atoms with Crippen LogP contribution in [0.3, 0.4) is 0 Å². The number of nitrogens with zero attached hydrogens (tertiary/aromatic N) is 5. The van der Waals surface area contributed by atoms with Gasteiger partial charge >= 0.3 is 17.5 Å². The van der Waals surface area contributed by atoms with Crippen LogP contribution in [0.2, 0.25) is 0 Å². The number of ether oxygens (including phenoxy) is 2. The molecule has 4 aromatic rings. The van der Waals surface area contributed by atoms with E-state index in [2.05, 4.69) is 15.0 Å². The molecule has 0 fully saturated rings. The third-order valence-corrected chi connectivity index (χ3v) is 4.97. The highest BCUT2D eigenvalue weighted by molar-refractivity contribution is 5.97. The number of pyridine rings is 1. The number of aryl methyl sites for hydroxylation is 1. The summed E-state index contributed by atoms with van der Waals surface area (Å²) >= 11 is 0. The van der Waals surface area contributed by atoms with Gasteiger partial charge in [0.05, 0.1) is 23.3 Å². The molecule has 0 bridgehead atoms. The number of hydrogen-bond donors (Lipinski definition) is 0. The third-order valence-electron chi connectivity index (χ3n) is 4.97.